The minimum Gasteiger partial charge on any atom is -0.320 e. The maximum atomic E-state index is 2.32. The lowest BCUT2D eigenvalue weighted by Crippen LogP contribution is -2.47. The van der Waals surface area contributed by atoms with Crippen molar-refractivity contribution in [1.82, 2.24) is 0 Å². The van der Waals surface area contributed by atoms with Crippen LogP contribution in [0.3, 0.4) is 0 Å². The Morgan fingerprint density at radius 3 is 1.59 bits per heavy atom. The fraction of sp³-hybridized carbons (Fsp3) is 0.714. The molecule has 0 aromatic heterocycles. The summed E-state index contributed by atoms with van der Waals surface area (Å²) < 4.78 is 1.23. The molecule has 0 fully saturated rings. The number of hydrogen-bond donors (Lipinski definition) is 0. The Morgan fingerprint density at radius 1 is 0.682 bits per heavy atom. The molecule has 0 saturated heterocycles. The van der Waals surface area contributed by atoms with Gasteiger partial charge in [-0.15, -0.1) is 0 Å². The molecule has 0 radical (unpaired) electrons. The molecule has 1 rings (SSSR count). The summed E-state index contributed by atoms with van der Waals surface area (Å²) in [6, 6.07) is 10.9. The quantitative estimate of drug-likeness (QED) is 0.345. The molecule has 1 nitrogen and oxygen atoms in total. The van der Waals surface area contributed by atoms with Crippen molar-refractivity contribution in [3.63, 3.8) is 0 Å². The van der Waals surface area contributed by atoms with Gasteiger partial charge in [-0.1, -0.05) is 83.2 Å². The van der Waals surface area contributed by atoms with Gasteiger partial charge in [0.2, 0.25) is 0 Å². The molecule has 128 valence electrons. The smallest absolute Gasteiger partial charge is 0.104 e. The van der Waals surface area contributed by atoms with Crippen LogP contribution in [0.15, 0.2) is 30.3 Å². The van der Waals surface area contributed by atoms with E-state index in [2.05, 4.69) is 65.0 Å². The van der Waals surface area contributed by atoms with E-state index >= 15 is 0 Å². The standard InChI is InChI=1S/C15H26N.C6H14/c1-4-7-13-16(5-2,6-3)14-15-11-9-8-10-12-15;1-3-5-6-4-2/h8-12H,4-7,13-14H2,1-3H3;3-6H2,1-2H3/q+1;. The van der Waals surface area contributed by atoms with Crippen LogP contribution in [0, 0.1) is 0 Å². The molecule has 1 heteroatoms. The van der Waals surface area contributed by atoms with E-state index < -0.39 is 0 Å². The van der Waals surface area contributed by atoms with Crippen molar-refractivity contribution in [3.05, 3.63) is 35.9 Å². The molecule has 0 heterocycles. The van der Waals surface area contributed by atoms with Crippen molar-refractivity contribution in [2.45, 2.75) is 79.7 Å². The van der Waals surface area contributed by atoms with Gasteiger partial charge in [0.1, 0.15) is 6.54 Å². The number of quaternary nitrogens is 1. The maximum Gasteiger partial charge on any atom is 0.104 e. The van der Waals surface area contributed by atoms with E-state index in [0.29, 0.717) is 0 Å². The Morgan fingerprint density at radius 2 is 1.18 bits per heavy atom. The molecule has 1 aromatic carbocycles. The fourth-order valence-corrected chi connectivity index (χ4v) is 2.81. The second kappa shape index (κ2) is 13.8. The zero-order valence-electron chi connectivity index (χ0n) is 15.9. The Kier molecular flexibility index (Phi) is 13.3. The van der Waals surface area contributed by atoms with Crippen LogP contribution in [0.5, 0.6) is 0 Å². The molecule has 0 unspecified atom stereocenters. The molecule has 0 atom stereocenters. The SMILES string of the molecule is CCCCCC.CCCC[N+](CC)(CC)Cc1ccccc1. The highest BCUT2D eigenvalue weighted by molar-refractivity contribution is 5.13. The zero-order valence-corrected chi connectivity index (χ0v) is 15.9. The molecule has 1 aromatic rings. The highest BCUT2D eigenvalue weighted by Gasteiger charge is 2.22. The van der Waals surface area contributed by atoms with Gasteiger partial charge in [0.25, 0.3) is 0 Å². The van der Waals surface area contributed by atoms with Gasteiger partial charge in [0.15, 0.2) is 0 Å². The summed E-state index contributed by atoms with van der Waals surface area (Å²) in [5.41, 5.74) is 1.47. The number of rotatable bonds is 10. The first-order valence-electron chi connectivity index (χ1n) is 9.56. The summed E-state index contributed by atoms with van der Waals surface area (Å²) in [5, 5.41) is 0. The van der Waals surface area contributed by atoms with E-state index in [9.17, 15) is 0 Å². The van der Waals surface area contributed by atoms with E-state index in [1.807, 2.05) is 0 Å². The first-order chi connectivity index (χ1) is 10.7. The lowest BCUT2D eigenvalue weighted by Gasteiger charge is -2.37. The molecule has 0 bridgehead atoms. The van der Waals surface area contributed by atoms with Crippen LogP contribution in [-0.4, -0.2) is 24.1 Å². The van der Waals surface area contributed by atoms with Gasteiger partial charge in [0.05, 0.1) is 19.6 Å². The summed E-state index contributed by atoms with van der Waals surface area (Å²) in [4.78, 5) is 0. The van der Waals surface area contributed by atoms with Gasteiger partial charge in [0, 0.05) is 5.56 Å². The monoisotopic (exact) mass is 306 g/mol. The van der Waals surface area contributed by atoms with E-state index in [1.54, 1.807) is 0 Å². The van der Waals surface area contributed by atoms with E-state index in [0.717, 1.165) is 0 Å². The van der Waals surface area contributed by atoms with Crippen molar-refractivity contribution in [2.75, 3.05) is 19.6 Å². The molecule has 0 aliphatic rings. The van der Waals surface area contributed by atoms with Crippen LogP contribution in [0.25, 0.3) is 0 Å². The summed E-state index contributed by atoms with van der Waals surface area (Å²) in [7, 11) is 0. The molecule has 0 spiro atoms. The highest BCUT2D eigenvalue weighted by Crippen LogP contribution is 2.15. The molecule has 0 aliphatic carbocycles. The number of nitrogens with zero attached hydrogens (tertiary/aromatic N) is 1. The average molecular weight is 307 g/mol. The number of hydrogen-bond acceptors (Lipinski definition) is 0. The predicted molar refractivity (Wildman–Crippen MR) is 101 cm³/mol. The first kappa shape index (κ1) is 21.2. The Bertz CT molecular complexity index is 323. The molecule has 0 amide bonds. The predicted octanol–water partition coefficient (Wildman–Crippen LogP) is 6.43. The zero-order chi connectivity index (χ0) is 16.7. The Hall–Kier alpha value is -0.820. The van der Waals surface area contributed by atoms with E-state index in [-0.39, 0.29) is 0 Å². The minimum atomic E-state index is 1.19. The van der Waals surface area contributed by atoms with Gasteiger partial charge in [-0.05, 0) is 20.3 Å². The summed E-state index contributed by atoms with van der Waals surface area (Å²) in [6.45, 7) is 16.4. The van der Waals surface area contributed by atoms with Gasteiger partial charge >= 0.3 is 0 Å². The van der Waals surface area contributed by atoms with Crippen LogP contribution in [-0.2, 0) is 6.54 Å². The third kappa shape index (κ3) is 9.25. The Labute approximate surface area is 140 Å². The van der Waals surface area contributed by atoms with E-state index in [1.165, 1.54) is 74.8 Å². The van der Waals surface area contributed by atoms with Crippen LogP contribution in [0.1, 0.15) is 78.7 Å². The van der Waals surface area contributed by atoms with Crippen molar-refractivity contribution in [2.24, 2.45) is 0 Å². The number of benzene rings is 1. The Balaban J connectivity index is 0.000000626. The summed E-state index contributed by atoms with van der Waals surface area (Å²) >= 11 is 0. The summed E-state index contributed by atoms with van der Waals surface area (Å²) in [5.74, 6) is 0. The average Bonchev–Trinajstić information content (AvgIpc) is 2.58. The molecular weight excluding hydrogens is 266 g/mol. The highest BCUT2D eigenvalue weighted by atomic mass is 15.3. The van der Waals surface area contributed by atoms with Crippen molar-refractivity contribution < 1.29 is 4.48 Å². The maximum absolute atomic E-state index is 2.32. The van der Waals surface area contributed by atoms with Crippen molar-refractivity contribution in [1.29, 1.82) is 0 Å². The van der Waals surface area contributed by atoms with Gasteiger partial charge in [-0.3, -0.25) is 0 Å². The van der Waals surface area contributed by atoms with Crippen LogP contribution in [0.2, 0.25) is 0 Å². The van der Waals surface area contributed by atoms with Crippen molar-refractivity contribution in [3.8, 4) is 0 Å². The van der Waals surface area contributed by atoms with E-state index in [4.69, 9.17) is 0 Å². The third-order valence-corrected chi connectivity index (χ3v) is 4.65. The lowest BCUT2D eigenvalue weighted by molar-refractivity contribution is -0.938. The van der Waals surface area contributed by atoms with Crippen molar-refractivity contribution >= 4 is 0 Å². The summed E-state index contributed by atoms with van der Waals surface area (Å²) in [6.07, 6.45) is 8.18. The minimum absolute atomic E-state index is 1.19. The topological polar surface area (TPSA) is 0 Å². The molecule has 0 N–H and O–H groups in total. The lowest BCUT2D eigenvalue weighted by atomic mass is 10.1. The van der Waals surface area contributed by atoms with Crippen LogP contribution >= 0.6 is 0 Å². The first-order valence-corrected chi connectivity index (χ1v) is 9.56. The van der Waals surface area contributed by atoms with Crippen LogP contribution in [0.4, 0.5) is 0 Å². The normalized spacial score (nSPS) is 11.0. The third-order valence-electron chi connectivity index (χ3n) is 4.65. The van der Waals surface area contributed by atoms with Gasteiger partial charge < -0.3 is 4.48 Å². The molecule has 0 aliphatic heterocycles. The van der Waals surface area contributed by atoms with Gasteiger partial charge in [-0.2, -0.15) is 0 Å². The second-order valence-corrected chi connectivity index (χ2v) is 6.40. The number of unbranched alkanes of at least 4 members (excludes halogenated alkanes) is 4. The second-order valence-electron chi connectivity index (χ2n) is 6.40. The fourth-order valence-electron chi connectivity index (χ4n) is 2.81. The van der Waals surface area contributed by atoms with Gasteiger partial charge in [-0.25, -0.2) is 0 Å². The molecular formula is C21H40N+. The largest absolute Gasteiger partial charge is 0.320 e. The molecule has 0 saturated carbocycles. The molecule has 22 heavy (non-hydrogen) atoms. The van der Waals surface area contributed by atoms with Crippen LogP contribution < -0.4 is 0 Å².